The zero-order valence-corrected chi connectivity index (χ0v) is 13.3. The molecule has 1 fully saturated rings. The van der Waals surface area contributed by atoms with Crippen LogP contribution in [0, 0.1) is 0 Å². The SMILES string of the molecule is CCCCCc1sccc1C(C)CN1CCNCC1. The summed E-state index contributed by atoms with van der Waals surface area (Å²) >= 11 is 1.96. The van der Waals surface area contributed by atoms with E-state index >= 15 is 0 Å². The summed E-state index contributed by atoms with van der Waals surface area (Å²) in [6.07, 6.45) is 5.32. The van der Waals surface area contributed by atoms with E-state index < -0.39 is 0 Å². The smallest absolute Gasteiger partial charge is 0.0108 e. The van der Waals surface area contributed by atoms with Gasteiger partial charge >= 0.3 is 0 Å². The lowest BCUT2D eigenvalue weighted by molar-refractivity contribution is 0.230. The minimum absolute atomic E-state index is 0.681. The lowest BCUT2D eigenvalue weighted by Crippen LogP contribution is -2.44. The predicted octanol–water partition coefficient (Wildman–Crippen LogP) is 3.49. The molecule has 1 aliphatic heterocycles. The van der Waals surface area contributed by atoms with Crippen LogP contribution in [0.1, 0.15) is 49.5 Å². The molecule has 0 radical (unpaired) electrons. The number of nitrogens with zero attached hydrogens (tertiary/aromatic N) is 1. The molecule has 0 aliphatic carbocycles. The van der Waals surface area contributed by atoms with Crippen molar-refractivity contribution in [3.8, 4) is 0 Å². The van der Waals surface area contributed by atoms with Crippen LogP contribution in [0.4, 0.5) is 0 Å². The van der Waals surface area contributed by atoms with Crippen molar-refractivity contribution in [2.24, 2.45) is 0 Å². The first-order valence-corrected chi connectivity index (χ1v) is 8.68. The molecule has 1 saturated heterocycles. The minimum atomic E-state index is 0.681. The van der Waals surface area contributed by atoms with Gasteiger partial charge in [0, 0.05) is 37.6 Å². The molecule has 1 aromatic rings. The number of aryl methyl sites for hydroxylation is 1. The van der Waals surface area contributed by atoms with E-state index in [1.54, 1.807) is 10.4 Å². The monoisotopic (exact) mass is 280 g/mol. The van der Waals surface area contributed by atoms with Gasteiger partial charge in [-0.3, -0.25) is 0 Å². The van der Waals surface area contributed by atoms with Crippen LogP contribution in [0.2, 0.25) is 0 Å². The largest absolute Gasteiger partial charge is 0.314 e. The summed E-state index contributed by atoms with van der Waals surface area (Å²) in [4.78, 5) is 4.24. The molecule has 108 valence electrons. The zero-order valence-electron chi connectivity index (χ0n) is 12.5. The van der Waals surface area contributed by atoms with Gasteiger partial charge in [-0.1, -0.05) is 26.7 Å². The number of unbranched alkanes of at least 4 members (excludes halogenated alkanes) is 2. The molecular weight excluding hydrogens is 252 g/mol. The first-order chi connectivity index (χ1) is 9.31. The Morgan fingerprint density at radius 2 is 2.11 bits per heavy atom. The van der Waals surface area contributed by atoms with Crippen LogP contribution in [-0.2, 0) is 6.42 Å². The summed E-state index contributed by atoms with van der Waals surface area (Å²) in [5.74, 6) is 0.681. The third kappa shape index (κ3) is 4.59. The van der Waals surface area contributed by atoms with Gasteiger partial charge in [-0.2, -0.15) is 0 Å². The Bertz CT molecular complexity index is 355. The zero-order chi connectivity index (χ0) is 13.5. The number of thiophene rings is 1. The molecule has 19 heavy (non-hydrogen) atoms. The van der Waals surface area contributed by atoms with E-state index in [1.807, 2.05) is 11.3 Å². The Morgan fingerprint density at radius 1 is 1.32 bits per heavy atom. The van der Waals surface area contributed by atoms with Crippen molar-refractivity contribution >= 4 is 11.3 Å². The van der Waals surface area contributed by atoms with Crippen LogP contribution >= 0.6 is 11.3 Å². The molecule has 1 aliphatic rings. The minimum Gasteiger partial charge on any atom is -0.314 e. The Morgan fingerprint density at radius 3 is 2.84 bits per heavy atom. The van der Waals surface area contributed by atoms with E-state index in [9.17, 15) is 0 Å². The molecule has 2 heterocycles. The predicted molar refractivity (Wildman–Crippen MR) is 85.3 cm³/mol. The molecule has 0 bridgehead atoms. The molecule has 0 spiro atoms. The molecule has 3 heteroatoms. The molecular formula is C16H28N2S. The maximum Gasteiger partial charge on any atom is 0.0108 e. The van der Waals surface area contributed by atoms with E-state index in [4.69, 9.17) is 0 Å². The lowest BCUT2D eigenvalue weighted by atomic mass is 9.99. The van der Waals surface area contributed by atoms with Crippen molar-refractivity contribution in [3.63, 3.8) is 0 Å². The van der Waals surface area contributed by atoms with Crippen molar-refractivity contribution in [1.29, 1.82) is 0 Å². The van der Waals surface area contributed by atoms with Crippen LogP contribution < -0.4 is 5.32 Å². The summed E-state index contributed by atoms with van der Waals surface area (Å²) in [5.41, 5.74) is 1.61. The summed E-state index contributed by atoms with van der Waals surface area (Å²) in [7, 11) is 0. The van der Waals surface area contributed by atoms with E-state index in [1.165, 1.54) is 45.3 Å². The van der Waals surface area contributed by atoms with Crippen LogP contribution in [0.25, 0.3) is 0 Å². The molecule has 1 N–H and O–H groups in total. The first-order valence-electron chi connectivity index (χ1n) is 7.80. The Kier molecular flexibility index (Phi) is 6.35. The van der Waals surface area contributed by atoms with Crippen LogP contribution in [-0.4, -0.2) is 37.6 Å². The van der Waals surface area contributed by atoms with Crippen LogP contribution in [0.5, 0.6) is 0 Å². The van der Waals surface area contributed by atoms with E-state index in [0.717, 1.165) is 13.1 Å². The van der Waals surface area contributed by atoms with E-state index in [0.29, 0.717) is 5.92 Å². The van der Waals surface area contributed by atoms with Gasteiger partial charge in [0.1, 0.15) is 0 Å². The molecule has 1 aromatic heterocycles. The van der Waals surface area contributed by atoms with Gasteiger partial charge in [-0.15, -0.1) is 11.3 Å². The second-order valence-corrected chi connectivity index (χ2v) is 6.71. The third-order valence-corrected chi connectivity index (χ3v) is 5.06. The van der Waals surface area contributed by atoms with E-state index in [2.05, 4.69) is 35.5 Å². The summed E-state index contributed by atoms with van der Waals surface area (Å²) in [5, 5.41) is 5.71. The summed E-state index contributed by atoms with van der Waals surface area (Å²) < 4.78 is 0. The highest BCUT2D eigenvalue weighted by atomic mass is 32.1. The molecule has 2 rings (SSSR count). The quantitative estimate of drug-likeness (QED) is 0.769. The number of rotatable bonds is 7. The van der Waals surface area contributed by atoms with E-state index in [-0.39, 0.29) is 0 Å². The normalized spacial score (nSPS) is 18.6. The highest BCUT2D eigenvalue weighted by molar-refractivity contribution is 7.10. The second-order valence-electron chi connectivity index (χ2n) is 5.71. The standard InChI is InChI=1S/C16H28N2S/c1-3-4-5-6-16-15(7-12-19-16)14(2)13-18-10-8-17-9-11-18/h7,12,14,17H,3-6,8-11,13H2,1-2H3. The highest BCUT2D eigenvalue weighted by Crippen LogP contribution is 2.27. The summed E-state index contributed by atoms with van der Waals surface area (Å²) in [6, 6.07) is 2.36. The first kappa shape index (κ1) is 15.0. The summed E-state index contributed by atoms with van der Waals surface area (Å²) in [6.45, 7) is 10.6. The van der Waals surface area contributed by atoms with Gasteiger partial charge in [0.2, 0.25) is 0 Å². The van der Waals surface area contributed by atoms with Crippen LogP contribution in [0.15, 0.2) is 11.4 Å². The molecule has 2 nitrogen and oxygen atoms in total. The second kappa shape index (κ2) is 8.03. The number of hydrogen-bond donors (Lipinski definition) is 1. The van der Waals surface area contributed by atoms with Gasteiger partial charge in [-0.05, 0) is 35.8 Å². The number of hydrogen-bond acceptors (Lipinski definition) is 3. The molecule has 0 aromatic carbocycles. The molecule has 0 saturated carbocycles. The molecule has 1 unspecified atom stereocenters. The average Bonchev–Trinajstić information content (AvgIpc) is 2.89. The number of nitrogens with one attached hydrogen (secondary N) is 1. The van der Waals surface area contributed by atoms with Crippen molar-refractivity contribution in [2.75, 3.05) is 32.7 Å². The van der Waals surface area contributed by atoms with Crippen molar-refractivity contribution in [3.05, 3.63) is 21.9 Å². The van der Waals surface area contributed by atoms with Crippen molar-refractivity contribution < 1.29 is 0 Å². The van der Waals surface area contributed by atoms with Crippen molar-refractivity contribution in [2.45, 2.75) is 45.4 Å². The maximum absolute atomic E-state index is 3.43. The Balaban J connectivity index is 1.87. The highest BCUT2D eigenvalue weighted by Gasteiger charge is 2.17. The topological polar surface area (TPSA) is 15.3 Å². The fraction of sp³-hybridized carbons (Fsp3) is 0.750. The average molecular weight is 280 g/mol. The van der Waals surface area contributed by atoms with Gasteiger partial charge in [-0.25, -0.2) is 0 Å². The third-order valence-electron chi connectivity index (χ3n) is 4.06. The van der Waals surface area contributed by atoms with Crippen molar-refractivity contribution in [1.82, 2.24) is 10.2 Å². The Labute approximate surface area is 122 Å². The van der Waals surface area contributed by atoms with Crippen LogP contribution in [0.3, 0.4) is 0 Å². The number of piperazine rings is 1. The molecule has 0 amide bonds. The van der Waals surface area contributed by atoms with Gasteiger partial charge in [0.25, 0.3) is 0 Å². The lowest BCUT2D eigenvalue weighted by Gasteiger charge is -2.29. The fourth-order valence-corrected chi connectivity index (χ4v) is 3.95. The van der Waals surface area contributed by atoms with Gasteiger partial charge < -0.3 is 10.2 Å². The fourth-order valence-electron chi connectivity index (χ4n) is 2.91. The molecule has 1 atom stereocenters. The van der Waals surface area contributed by atoms with Gasteiger partial charge in [0.15, 0.2) is 0 Å². The Hall–Kier alpha value is -0.380. The maximum atomic E-state index is 3.43. The van der Waals surface area contributed by atoms with Gasteiger partial charge in [0.05, 0.1) is 0 Å².